The van der Waals surface area contributed by atoms with Crippen LogP contribution < -0.4 is 5.32 Å². The van der Waals surface area contributed by atoms with Crippen LogP contribution in [0.3, 0.4) is 0 Å². The molecule has 0 fully saturated rings. The van der Waals surface area contributed by atoms with Gasteiger partial charge in [0.05, 0.1) is 25.4 Å². The van der Waals surface area contributed by atoms with Crippen molar-refractivity contribution in [2.24, 2.45) is 0 Å². The fraction of sp³-hybridized carbons (Fsp3) is 0.920. The van der Waals surface area contributed by atoms with Crippen molar-refractivity contribution in [1.29, 1.82) is 0 Å². The van der Waals surface area contributed by atoms with Gasteiger partial charge in [-0.25, -0.2) is 0 Å². The third-order valence-corrected chi connectivity index (χ3v) is 17.5. The number of aliphatic hydroxyl groups excluding tert-OH is 2. The molecular formula is C75H145NO5. The highest BCUT2D eigenvalue weighted by Gasteiger charge is 2.20. The number of ether oxygens (including phenoxy) is 1. The number of rotatable bonds is 70. The molecule has 2 unspecified atom stereocenters. The Hall–Kier alpha value is -1.66. The van der Waals surface area contributed by atoms with Gasteiger partial charge in [0.25, 0.3) is 0 Å². The molecule has 0 bridgehead atoms. The van der Waals surface area contributed by atoms with E-state index < -0.39 is 12.1 Å². The van der Waals surface area contributed by atoms with E-state index >= 15 is 0 Å². The summed E-state index contributed by atoms with van der Waals surface area (Å²) < 4.78 is 5.47. The summed E-state index contributed by atoms with van der Waals surface area (Å²) in [5.41, 5.74) is 0. The van der Waals surface area contributed by atoms with Gasteiger partial charge < -0.3 is 20.3 Å². The number of carbonyl (C=O) groups excluding carboxylic acids is 2. The highest BCUT2D eigenvalue weighted by Crippen LogP contribution is 2.19. The minimum atomic E-state index is -0.664. The van der Waals surface area contributed by atoms with Crippen LogP contribution in [0.25, 0.3) is 0 Å². The van der Waals surface area contributed by atoms with Crippen molar-refractivity contribution in [1.82, 2.24) is 5.32 Å². The van der Waals surface area contributed by atoms with Gasteiger partial charge in [0.1, 0.15) is 0 Å². The molecule has 480 valence electrons. The van der Waals surface area contributed by atoms with Crippen LogP contribution in [0.15, 0.2) is 24.3 Å². The minimum absolute atomic E-state index is 0.0146. The van der Waals surface area contributed by atoms with E-state index in [0.29, 0.717) is 25.9 Å². The molecule has 0 heterocycles. The Kier molecular flexibility index (Phi) is 69.4. The van der Waals surface area contributed by atoms with Crippen LogP contribution in [-0.4, -0.2) is 47.4 Å². The SMILES string of the molecule is CCCCCCCCCCCCCCCCCCCCCCC(O)C(CO)NC(=O)CCCCCCCCCCCCCCCCCCC/C=C\C/C=C\CCCCCCCCCCCOC(=O)CCCCCCCCCCCCC. The predicted molar refractivity (Wildman–Crippen MR) is 356 cm³/mol. The summed E-state index contributed by atoms with van der Waals surface area (Å²) in [5, 5.41) is 23.4. The normalized spacial score (nSPS) is 12.6. The largest absolute Gasteiger partial charge is 0.466 e. The van der Waals surface area contributed by atoms with Gasteiger partial charge in [-0.2, -0.15) is 0 Å². The Bertz CT molecular complexity index is 1270. The second-order valence-electron chi connectivity index (χ2n) is 25.6. The summed E-state index contributed by atoms with van der Waals surface area (Å²) in [5.74, 6) is -0.0138. The zero-order chi connectivity index (χ0) is 58.5. The number of hydrogen-bond donors (Lipinski definition) is 3. The monoisotopic (exact) mass is 1140 g/mol. The first-order valence-corrected chi connectivity index (χ1v) is 37.1. The Labute approximate surface area is 507 Å². The summed E-state index contributed by atoms with van der Waals surface area (Å²) in [6.45, 7) is 4.99. The number of carbonyl (C=O) groups is 2. The first-order valence-electron chi connectivity index (χ1n) is 37.1. The van der Waals surface area contributed by atoms with Crippen molar-refractivity contribution in [2.45, 2.75) is 431 Å². The Morgan fingerprint density at radius 1 is 0.346 bits per heavy atom. The smallest absolute Gasteiger partial charge is 0.305 e. The van der Waals surface area contributed by atoms with Crippen molar-refractivity contribution < 1.29 is 24.5 Å². The molecule has 0 rings (SSSR count). The van der Waals surface area contributed by atoms with Crippen LogP contribution in [0.2, 0.25) is 0 Å². The number of allylic oxidation sites excluding steroid dienone is 4. The Morgan fingerprint density at radius 2 is 0.617 bits per heavy atom. The van der Waals surface area contributed by atoms with Crippen molar-refractivity contribution >= 4 is 11.9 Å². The summed E-state index contributed by atoms with van der Waals surface area (Å²) in [7, 11) is 0. The number of hydrogen-bond acceptors (Lipinski definition) is 5. The maximum Gasteiger partial charge on any atom is 0.305 e. The van der Waals surface area contributed by atoms with Crippen LogP contribution >= 0.6 is 0 Å². The lowest BCUT2D eigenvalue weighted by Gasteiger charge is -2.22. The van der Waals surface area contributed by atoms with Crippen LogP contribution in [0.1, 0.15) is 418 Å². The maximum absolute atomic E-state index is 12.5. The molecule has 0 aliphatic heterocycles. The van der Waals surface area contributed by atoms with Gasteiger partial charge in [-0.05, 0) is 57.8 Å². The highest BCUT2D eigenvalue weighted by molar-refractivity contribution is 5.76. The van der Waals surface area contributed by atoms with E-state index in [4.69, 9.17) is 4.74 Å². The van der Waals surface area contributed by atoms with Crippen LogP contribution in [0.4, 0.5) is 0 Å². The molecule has 0 saturated heterocycles. The van der Waals surface area contributed by atoms with E-state index in [9.17, 15) is 19.8 Å². The van der Waals surface area contributed by atoms with Gasteiger partial charge in [0, 0.05) is 12.8 Å². The van der Waals surface area contributed by atoms with Gasteiger partial charge >= 0.3 is 5.97 Å². The van der Waals surface area contributed by atoms with Gasteiger partial charge in [0.15, 0.2) is 0 Å². The van der Waals surface area contributed by atoms with E-state index in [2.05, 4.69) is 43.5 Å². The summed E-state index contributed by atoms with van der Waals surface area (Å²) in [6, 6.07) is -0.541. The third kappa shape index (κ3) is 67.3. The van der Waals surface area contributed by atoms with Crippen molar-refractivity contribution in [2.75, 3.05) is 13.2 Å². The molecule has 6 nitrogen and oxygen atoms in total. The molecule has 0 aromatic carbocycles. The summed E-state index contributed by atoms with van der Waals surface area (Å²) in [6.07, 6.45) is 89.6. The fourth-order valence-electron chi connectivity index (χ4n) is 11.9. The number of nitrogens with one attached hydrogen (secondary N) is 1. The van der Waals surface area contributed by atoms with Crippen LogP contribution in [0, 0.1) is 0 Å². The van der Waals surface area contributed by atoms with E-state index in [1.54, 1.807) is 0 Å². The van der Waals surface area contributed by atoms with Gasteiger partial charge in [-0.3, -0.25) is 9.59 Å². The molecule has 0 aliphatic rings. The zero-order valence-electron chi connectivity index (χ0n) is 55.0. The molecular weight excluding hydrogens is 995 g/mol. The number of unbranched alkanes of at least 4 members (excludes halogenated alkanes) is 55. The molecule has 6 heteroatoms. The first-order chi connectivity index (χ1) is 40.0. The number of esters is 1. The first kappa shape index (κ1) is 79.3. The minimum Gasteiger partial charge on any atom is -0.466 e. The molecule has 0 radical (unpaired) electrons. The zero-order valence-corrected chi connectivity index (χ0v) is 55.0. The van der Waals surface area contributed by atoms with Gasteiger partial charge in [0.2, 0.25) is 5.91 Å². The molecule has 0 aromatic heterocycles. The average molecular weight is 1140 g/mol. The quantitative estimate of drug-likeness (QED) is 0.0320. The van der Waals surface area contributed by atoms with E-state index in [1.165, 1.54) is 340 Å². The van der Waals surface area contributed by atoms with E-state index in [-0.39, 0.29) is 18.5 Å². The molecule has 81 heavy (non-hydrogen) atoms. The summed E-state index contributed by atoms with van der Waals surface area (Å²) in [4.78, 5) is 24.6. The van der Waals surface area contributed by atoms with Gasteiger partial charge in [-0.15, -0.1) is 0 Å². The van der Waals surface area contributed by atoms with Gasteiger partial charge in [-0.1, -0.05) is 372 Å². The molecule has 0 saturated carbocycles. The standard InChI is InChI=1S/C75H145NO5/c1-3-5-7-9-11-13-15-16-17-18-19-35-38-41-44-48-51-55-59-63-67-73(78)72(71-77)76-74(79)68-64-60-56-52-49-45-42-39-36-33-31-29-27-25-23-21-20-22-24-26-28-30-32-34-37-40-43-46-50-54-58-62-66-70-81-75(80)69-65-61-57-53-47-14-12-10-8-6-4-2/h24,26,30,32,72-73,77-78H,3-23,25,27-29,31,33-71H2,1-2H3,(H,76,79)/b26-24-,32-30-. The van der Waals surface area contributed by atoms with Crippen molar-refractivity contribution in [3.8, 4) is 0 Å². The fourth-order valence-corrected chi connectivity index (χ4v) is 11.9. The second kappa shape index (κ2) is 70.8. The summed E-state index contributed by atoms with van der Waals surface area (Å²) >= 11 is 0. The molecule has 1 amide bonds. The molecule has 3 N–H and O–H groups in total. The second-order valence-corrected chi connectivity index (χ2v) is 25.6. The number of amides is 1. The highest BCUT2D eigenvalue weighted by atomic mass is 16.5. The number of aliphatic hydroxyl groups is 2. The topological polar surface area (TPSA) is 95.9 Å². The lowest BCUT2D eigenvalue weighted by atomic mass is 10.0. The van der Waals surface area contributed by atoms with Crippen LogP contribution in [-0.2, 0) is 14.3 Å². The lowest BCUT2D eigenvalue weighted by molar-refractivity contribution is -0.143. The molecule has 0 aromatic rings. The predicted octanol–water partition coefficient (Wildman–Crippen LogP) is 24.1. The van der Waals surface area contributed by atoms with Crippen molar-refractivity contribution in [3.63, 3.8) is 0 Å². The Balaban J connectivity index is 3.38. The molecule has 0 spiro atoms. The molecule has 0 aliphatic carbocycles. The Morgan fingerprint density at radius 3 is 0.938 bits per heavy atom. The maximum atomic E-state index is 12.5. The van der Waals surface area contributed by atoms with E-state index in [1.807, 2.05) is 0 Å². The van der Waals surface area contributed by atoms with E-state index in [0.717, 1.165) is 44.9 Å². The third-order valence-electron chi connectivity index (χ3n) is 17.5. The lowest BCUT2D eigenvalue weighted by Crippen LogP contribution is -2.45. The molecule has 2 atom stereocenters. The average Bonchev–Trinajstić information content (AvgIpc) is 3.47. The van der Waals surface area contributed by atoms with Crippen molar-refractivity contribution in [3.05, 3.63) is 24.3 Å². The van der Waals surface area contributed by atoms with Crippen LogP contribution in [0.5, 0.6) is 0 Å².